The van der Waals surface area contributed by atoms with E-state index in [1.54, 1.807) is 4.90 Å². The molecule has 0 bridgehead atoms. The molecule has 1 aromatic heterocycles. The summed E-state index contributed by atoms with van der Waals surface area (Å²) in [5.74, 6) is 0.162. The number of rotatable bonds is 3. The molecule has 30 heavy (non-hydrogen) atoms. The number of imide groups is 1. The predicted molar refractivity (Wildman–Crippen MR) is 108 cm³/mol. The van der Waals surface area contributed by atoms with Gasteiger partial charge in [-0.15, -0.1) is 0 Å². The third-order valence-corrected chi connectivity index (χ3v) is 6.43. The Bertz CT molecular complexity index is 1000. The molecule has 8 nitrogen and oxygen atoms in total. The van der Waals surface area contributed by atoms with E-state index in [1.807, 2.05) is 36.5 Å². The van der Waals surface area contributed by atoms with E-state index in [0.717, 1.165) is 47.4 Å². The van der Waals surface area contributed by atoms with Gasteiger partial charge in [0.1, 0.15) is 6.54 Å². The topological polar surface area (TPSA) is 95.5 Å². The second-order valence-electron chi connectivity index (χ2n) is 8.27. The summed E-state index contributed by atoms with van der Waals surface area (Å²) in [4.78, 5) is 48.8. The first-order chi connectivity index (χ1) is 14.6. The molecule has 1 unspecified atom stereocenters. The maximum absolute atomic E-state index is 12.9. The summed E-state index contributed by atoms with van der Waals surface area (Å²) in [5.41, 5.74) is 2.99. The number of fused-ring (bicyclic) bond motifs is 2. The fourth-order valence-corrected chi connectivity index (χ4v) is 4.86. The molecule has 154 valence electrons. The van der Waals surface area contributed by atoms with Gasteiger partial charge in [0.15, 0.2) is 5.82 Å². The number of nitrogens with zero attached hydrogens (tertiary/aromatic N) is 4. The van der Waals surface area contributed by atoms with Crippen LogP contribution in [0.25, 0.3) is 11.4 Å². The fourth-order valence-electron chi connectivity index (χ4n) is 4.86. The van der Waals surface area contributed by atoms with Gasteiger partial charge in [-0.25, -0.2) is 14.8 Å². The molecule has 1 spiro atoms. The summed E-state index contributed by atoms with van der Waals surface area (Å²) in [6.07, 6.45) is 5.60. The van der Waals surface area contributed by atoms with Gasteiger partial charge in [0.25, 0.3) is 5.91 Å². The minimum absolute atomic E-state index is 0.0391. The molecular weight excluding hydrogens is 382 g/mol. The van der Waals surface area contributed by atoms with Crippen LogP contribution in [0.3, 0.4) is 0 Å². The van der Waals surface area contributed by atoms with E-state index in [-0.39, 0.29) is 30.3 Å². The smallest absolute Gasteiger partial charge is 0.325 e. The minimum Gasteiger partial charge on any atom is -0.340 e. The fraction of sp³-hybridized carbons (Fsp3) is 0.409. The lowest BCUT2D eigenvalue weighted by atomic mass is 9.77. The van der Waals surface area contributed by atoms with Crippen LogP contribution in [0.5, 0.6) is 0 Å². The van der Waals surface area contributed by atoms with Gasteiger partial charge in [0.05, 0.1) is 12.2 Å². The first kappa shape index (κ1) is 18.7. The van der Waals surface area contributed by atoms with Crippen molar-refractivity contribution in [1.29, 1.82) is 0 Å². The van der Waals surface area contributed by atoms with Crippen LogP contribution in [0.15, 0.2) is 36.5 Å². The van der Waals surface area contributed by atoms with Gasteiger partial charge in [0, 0.05) is 30.3 Å². The highest BCUT2D eigenvalue weighted by molar-refractivity contribution is 6.04. The molecule has 5 rings (SSSR count). The number of benzene rings is 1. The summed E-state index contributed by atoms with van der Waals surface area (Å²) in [6.45, 7) is 0.958. The third-order valence-electron chi connectivity index (χ3n) is 6.43. The van der Waals surface area contributed by atoms with Gasteiger partial charge in [-0.05, 0) is 31.2 Å². The van der Waals surface area contributed by atoms with Crippen LogP contribution in [0.4, 0.5) is 4.79 Å². The van der Waals surface area contributed by atoms with Crippen LogP contribution in [0.1, 0.15) is 30.5 Å². The summed E-state index contributed by atoms with van der Waals surface area (Å²) in [6, 6.07) is 9.41. The monoisotopic (exact) mass is 405 g/mol. The van der Waals surface area contributed by atoms with Crippen molar-refractivity contribution in [3.63, 3.8) is 0 Å². The predicted octanol–water partition coefficient (Wildman–Crippen LogP) is 1.50. The first-order valence-electron chi connectivity index (χ1n) is 10.3. The number of hydrogen-bond donors (Lipinski definition) is 1. The number of hydrogen-bond acceptors (Lipinski definition) is 5. The first-order valence-corrected chi connectivity index (χ1v) is 10.3. The van der Waals surface area contributed by atoms with Gasteiger partial charge in [-0.3, -0.25) is 14.5 Å². The Morgan fingerprint density at radius 1 is 1.17 bits per heavy atom. The number of carbonyl (C=O) groups excluding carboxylic acids is 3. The van der Waals surface area contributed by atoms with Crippen molar-refractivity contribution < 1.29 is 14.4 Å². The SMILES string of the molecule is O=C(CN1C(=O)CNC1=O)N1CCCC2(CCc3cnc(-c4ccccc4)nc32)C1. The average Bonchev–Trinajstić information content (AvgIpc) is 3.28. The second kappa shape index (κ2) is 7.19. The minimum atomic E-state index is -0.494. The Balaban J connectivity index is 1.39. The molecule has 1 aromatic carbocycles. The Labute approximate surface area is 174 Å². The molecule has 2 aliphatic heterocycles. The zero-order valence-corrected chi connectivity index (χ0v) is 16.6. The number of carbonyl (C=O) groups is 3. The number of piperidine rings is 1. The Morgan fingerprint density at radius 3 is 2.77 bits per heavy atom. The van der Waals surface area contributed by atoms with Gasteiger partial charge >= 0.3 is 6.03 Å². The van der Waals surface area contributed by atoms with Gasteiger partial charge in [0.2, 0.25) is 5.91 Å². The molecular formula is C22H23N5O3. The van der Waals surface area contributed by atoms with Crippen LogP contribution >= 0.6 is 0 Å². The average molecular weight is 405 g/mol. The molecule has 0 saturated carbocycles. The molecule has 2 aromatic rings. The van der Waals surface area contributed by atoms with Crippen molar-refractivity contribution in [2.24, 2.45) is 0 Å². The second-order valence-corrected chi connectivity index (χ2v) is 8.27. The number of aryl methyl sites for hydroxylation is 1. The van der Waals surface area contributed by atoms with E-state index in [4.69, 9.17) is 4.98 Å². The standard InChI is InChI=1S/C22H23N5O3/c28-17-12-24-21(30)27(17)13-18(29)26-10-4-8-22(14-26)9-7-16-11-23-20(25-19(16)22)15-5-2-1-3-6-15/h1-3,5-6,11H,4,7-10,12-14H2,(H,24,30). The van der Waals surface area contributed by atoms with Crippen LogP contribution in [-0.4, -0.2) is 63.8 Å². The van der Waals surface area contributed by atoms with Crippen LogP contribution in [0.2, 0.25) is 0 Å². The number of likely N-dealkylation sites (tertiary alicyclic amines) is 1. The Hall–Kier alpha value is -3.29. The van der Waals surface area contributed by atoms with E-state index in [9.17, 15) is 14.4 Å². The third kappa shape index (κ3) is 3.12. The van der Waals surface area contributed by atoms with Crippen molar-refractivity contribution in [2.75, 3.05) is 26.2 Å². The molecule has 3 aliphatic rings. The summed E-state index contributed by atoms with van der Waals surface area (Å²) in [5, 5.41) is 2.46. The summed E-state index contributed by atoms with van der Waals surface area (Å²) >= 11 is 0. The van der Waals surface area contributed by atoms with E-state index < -0.39 is 6.03 Å². The van der Waals surface area contributed by atoms with Gasteiger partial charge in [-0.2, -0.15) is 0 Å². The molecule has 8 heteroatoms. The Morgan fingerprint density at radius 2 is 2.00 bits per heavy atom. The van der Waals surface area contributed by atoms with E-state index >= 15 is 0 Å². The normalized spacial score (nSPS) is 23.1. The highest BCUT2D eigenvalue weighted by Gasteiger charge is 2.45. The zero-order chi connectivity index (χ0) is 20.7. The summed E-state index contributed by atoms with van der Waals surface area (Å²) < 4.78 is 0. The van der Waals surface area contributed by atoms with Gasteiger partial charge in [-0.1, -0.05) is 30.3 Å². The van der Waals surface area contributed by atoms with Crippen LogP contribution in [-0.2, 0) is 21.4 Å². The van der Waals surface area contributed by atoms with Crippen LogP contribution in [0, 0.1) is 0 Å². The maximum Gasteiger partial charge on any atom is 0.325 e. The van der Waals surface area contributed by atoms with E-state index in [1.165, 1.54) is 0 Å². The van der Waals surface area contributed by atoms with Crippen molar-refractivity contribution in [3.05, 3.63) is 47.8 Å². The van der Waals surface area contributed by atoms with Crippen molar-refractivity contribution in [1.82, 2.24) is 25.1 Å². The van der Waals surface area contributed by atoms with E-state index in [0.29, 0.717) is 18.9 Å². The number of nitrogens with one attached hydrogen (secondary N) is 1. The highest BCUT2D eigenvalue weighted by Crippen LogP contribution is 2.44. The van der Waals surface area contributed by atoms with Crippen molar-refractivity contribution in [2.45, 2.75) is 31.1 Å². The van der Waals surface area contributed by atoms with Gasteiger partial charge < -0.3 is 10.2 Å². The zero-order valence-electron chi connectivity index (χ0n) is 16.6. The molecule has 2 fully saturated rings. The van der Waals surface area contributed by atoms with Crippen molar-refractivity contribution >= 4 is 17.8 Å². The highest BCUT2D eigenvalue weighted by atomic mass is 16.2. The van der Waals surface area contributed by atoms with Crippen molar-refractivity contribution in [3.8, 4) is 11.4 Å². The number of urea groups is 1. The number of aromatic nitrogens is 2. The van der Waals surface area contributed by atoms with Crippen LogP contribution < -0.4 is 5.32 Å². The molecule has 4 amide bonds. The number of amides is 4. The van der Waals surface area contributed by atoms with E-state index in [2.05, 4.69) is 10.3 Å². The molecule has 1 atom stereocenters. The largest absolute Gasteiger partial charge is 0.340 e. The maximum atomic E-state index is 12.9. The summed E-state index contributed by atoms with van der Waals surface area (Å²) in [7, 11) is 0. The molecule has 1 aliphatic carbocycles. The molecule has 3 heterocycles. The molecule has 0 radical (unpaired) electrons. The lowest BCUT2D eigenvalue weighted by molar-refractivity contribution is -0.138. The lowest BCUT2D eigenvalue weighted by Gasteiger charge is -2.40. The lowest BCUT2D eigenvalue weighted by Crippen LogP contribution is -2.51. The Kier molecular flexibility index (Phi) is 4.49. The molecule has 1 N–H and O–H groups in total. The molecule has 2 saturated heterocycles. The quantitative estimate of drug-likeness (QED) is 0.781.